The third-order valence-electron chi connectivity index (χ3n) is 4.08. The number of hydrogen-bond donors (Lipinski definition) is 0. The lowest BCUT2D eigenvalue weighted by Crippen LogP contribution is -2.25. The van der Waals surface area contributed by atoms with Gasteiger partial charge in [-0.05, 0) is 23.5 Å². The second-order valence-electron chi connectivity index (χ2n) is 5.87. The predicted octanol–water partition coefficient (Wildman–Crippen LogP) is 3.85. The lowest BCUT2D eigenvalue weighted by Gasteiger charge is -2.22. The molecule has 1 aliphatic rings. The topological polar surface area (TPSA) is 27.0 Å². The molecule has 0 spiro atoms. The molecular weight excluding hydrogens is 256 g/mol. The first kappa shape index (κ1) is 13.9. The van der Waals surface area contributed by atoms with Crippen LogP contribution in [0.2, 0.25) is 0 Å². The smallest absolute Gasteiger partial charge is 0.0659 e. The number of benzene rings is 2. The molecule has 106 valence electrons. The van der Waals surface area contributed by atoms with Gasteiger partial charge in [-0.1, -0.05) is 60.7 Å². The van der Waals surface area contributed by atoms with Gasteiger partial charge in [0.15, 0.2) is 0 Å². The molecule has 0 unspecified atom stereocenters. The fraction of sp³-hybridized carbons (Fsp3) is 0.316. The van der Waals surface area contributed by atoms with Crippen LogP contribution in [0.25, 0.3) is 0 Å². The van der Waals surface area contributed by atoms with E-state index in [0.29, 0.717) is 5.92 Å². The quantitative estimate of drug-likeness (QED) is 0.801. The van der Waals surface area contributed by atoms with Crippen LogP contribution in [-0.4, -0.2) is 11.4 Å². The summed E-state index contributed by atoms with van der Waals surface area (Å²) in [5.74, 6) is 0.835. The molecule has 2 aromatic carbocycles. The first-order valence-electron chi connectivity index (χ1n) is 7.55. The van der Waals surface area contributed by atoms with E-state index >= 15 is 0 Å². The average molecular weight is 276 g/mol. The van der Waals surface area contributed by atoms with Crippen LogP contribution >= 0.6 is 0 Å². The molecule has 2 heteroatoms. The van der Waals surface area contributed by atoms with Crippen molar-refractivity contribution < 1.29 is 0 Å². The Bertz CT molecular complexity index is 559. The molecule has 3 rings (SSSR count). The summed E-state index contributed by atoms with van der Waals surface area (Å²) >= 11 is 0. The van der Waals surface area contributed by atoms with Crippen molar-refractivity contribution in [3.63, 3.8) is 0 Å². The Hall–Kier alpha value is -2.11. The van der Waals surface area contributed by atoms with Crippen molar-refractivity contribution in [2.45, 2.75) is 19.5 Å². The third-order valence-corrected chi connectivity index (χ3v) is 4.08. The highest BCUT2D eigenvalue weighted by Gasteiger charge is 2.38. The van der Waals surface area contributed by atoms with Crippen LogP contribution in [0.15, 0.2) is 60.7 Å². The van der Waals surface area contributed by atoms with E-state index in [1.165, 1.54) is 11.1 Å². The molecule has 2 atom stereocenters. The molecule has 1 fully saturated rings. The fourth-order valence-corrected chi connectivity index (χ4v) is 2.81. The molecule has 0 amide bonds. The minimum atomic E-state index is 0.277. The van der Waals surface area contributed by atoms with Crippen molar-refractivity contribution in [2.24, 2.45) is 11.8 Å². The van der Waals surface area contributed by atoms with Gasteiger partial charge in [-0.2, -0.15) is 5.26 Å². The molecule has 0 saturated heterocycles. The van der Waals surface area contributed by atoms with Crippen molar-refractivity contribution in [3.8, 4) is 6.07 Å². The summed E-state index contributed by atoms with van der Waals surface area (Å²) in [6.45, 7) is 2.91. The zero-order chi connectivity index (χ0) is 14.5. The normalized spacial score (nSPS) is 20.2. The Morgan fingerprint density at radius 2 is 1.43 bits per heavy atom. The van der Waals surface area contributed by atoms with Crippen LogP contribution in [0.1, 0.15) is 17.5 Å². The van der Waals surface area contributed by atoms with E-state index in [0.717, 1.165) is 26.1 Å². The van der Waals surface area contributed by atoms with Crippen molar-refractivity contribution >= 4 is 0 Å². The summed E-state index contributed by atoms with van der Waals surface area (Å²) < 4.78 is 0. The van der Waals surface area contributed by atoms with Gasteiger partial charge in [-0.15, -0.1) is 0 Å². The molecule has 1 aliphatic carbocycles. The average Bonchev–Trinajstić information content (AvgIpc) is 3.27. The molecule has 0 aromatic heterocycles. The SMILES string of the molecule is N#C[C@@H]1C[C@@H]1CN(Cc1ccccc1)Cc1ccccc1. The Labute approximate surface area is 126 Å². The summed E-state index contributed by atoms with van der Waals surface area (Å²) in [6, 6.07) is 23.5. The predicted molar refractivity (Wildman–Crippen MR) is 84.2 cm³/mol. The van der Waals surface area contributed by atoms with Gasteiger partial charge in [-0.25, -0.2) is 0 Å². The Morgan fingerprint density at radius 1 is 0.905 bits per heavy atom. The van der Waals surface area contributed by atoms with Crippen molar-refractivity contribution in [3.05, 3.63) is 71.8 Å². The molecule has 2 nitrogen and oxygen atoms in total. The summed E-state index contributed by atoms with van der Waals surface area (Å²) in [5, 5.41) is 9.00. The maximum Gasteiger partial charge on any atom is 0.0659 e. The summed E-state index contributed by atoms with van der Waals surface area (Å²) in [7, 11) is 0. The van der Waals surface area contributed by atoms with E-state index in [-0.39, 0.29) is 5.92 Å². The van der Waals surface area contributed by atoms with E-state index < -0.39 is 0 Å². The van der Waals surface area contributed by atoms with Crippen LogP contribution in [0.3, 0.4) is 0 Å². The van der Waals surface area contributed by atoms with Crippen molar-refractivity contribution in [1.82, 2.24) is 4.90 Å². The molecule has 21 heavy (non-hydrogen) atoms. The molecule has 0 radical (unpaired) electrons. The first-order valence-corrected chi connectivity index (χ1v) is 7.55. The molecule has 0 aliphatic heterocycles. The second-order valence-corrected chi connectivity index (χ2v) is 5.87. The van der Waals surface area contributed by atoms with Crippen LogP contribution in [0.4, 0.5) is 0 Å². The van der Waals surface area contributed by atoms with Gasteiger partial charge < -0.3 is 0 Å². The van der Waals surface area contributed by atoms with Gasteiger partial charge in [0.25, 0.3) is 0 Å². The summed E-state index contributed by atoms with van der Waals surface area (Å²) in [5.41, 5.74) is 2.67. The van der Waals surface area contributed by atoms with E-state index in [1.807, 2.05) is 0 Å². The number of nitriles is 1. The minimum Gasteiger partial charge on any atom is -0.295 e. The Morgan fingerprint density at radius 3 is 1.86 bits per heavy atom. The Kier molecular flexibility index (Phi) is 4.33. The van der Waals surface area contributed by atoms with Gasteiger partial charge >= 0.3 is 0 Å². The molecule has 2 aromatic rings. The van der Waals surface area contributed by atoms with Gasteiger partial charge in [0.1, 0.15) is 0 Å². The highest BCUT2D eigenvalue weighted by molar-refractivity contribution is 5.17. The second kappa shape index (κ2) is 6.56. The van der Waals surface area contributed by atoms with Gasteiger partial charge in [0.2, 0.25) is 0 Å². The van der Waals surface area contributed by atoms with E-state index in [2.05, 4.69) is 71.6 Å². The number of nitrogens with zero attached hydrogens (tertiary/aromatic N) is 2. The Balaban J connectivity index is 1.67. The van der Waals surface area contributed by atoms with Crippen LogP contribution in [0, 0.1) is 23.2 Å². The van der Waals surface area contributed by atoms with Crippen molar-refractivity contribution in [2.75, 3.05) is 6.54 Å². The molecule has 0 heterocycles. The van der Waals surface area contributed by atoms with Crippen LogP contribution in [0.5, 0.6) is 0 Å². The number of hydrogen-bond acceptors (Lipinski definition) is 2. The zero-order valence-electron chi connectivity index (χ0n) is 12.2. The summed E-state index contributed by atoms with van der Waals surface area (Å²) in [4.78, 5) is 2.46. The monoisotopic (exact) mass is 276 g/mol. The van der Waals surface area contributed by atoms with Crippen LogP contribution < -0.4 is 0 Å². The maximum absolute atomic E-state index is 9.00. The van der Waals surface area contributed by atoms with E-state index in [1.54, 1.807) is 0 Å². The van der Waals surface area contributed by atoms with Gasteiger partial charge in [0, 0.05) is 19.6 Å². The molecular formula is C19H20N2. The largest absolute Gasteiger partial charge is 0.295 e. The third kappa shape index (κ3) is 3.93. The van der Waals surface area contributed by atoms with E-state index in [4.69, 9.17) is 5.26 Å². The van der Waals surface area contributed by atoms with Crippen LogP contribution in [-0.2, 0) is 13.1 Å². The maximum atomic E-state index is 9.00. The van der Waals surface area contributed by atoms with E-state index in [9.17, 15) is 0 Å². The highest BCUT2D eigenvalue weighted by atomic mass is 15.1. The molecule has 1 saturated carbocycles. The fourth-order valence-electron chi connectivity index (χ4n) is 2.81. The van der Waals surface area contributed by atoms with Gasteiger partial charge in [0.05, 0.1) is 12.0 Å². The standard InChI is InChI=1S/C19H20N2/c20-12-18-11-19(18)15-21(13-16-7-3-1-4-8-16)14-17-9-5-2-6-10-17/h1-10,18-19H,11,13-15H2/t18-,19+/m0/s1. The number of rotatable bonds is 6. The first-order chi connectivity index (χ1) is 10.3. The van der Waals surface area contributed by atoms with Gasteiger partial charge in [-0.3, -0.25) is 4.90 Å². The highest BCUT2D eigenvalue weighted by Crippen LogP contribution is 2.38. The summed E-state index contributed by atoms with van der Waals surface area (Å²) in [6.07, 6.45) is 1.07. The molecule has 0 N–H and O–H groups in total. The minimum absolute atomic E-state index is 0.277. The lowest BCUT2D eigenvalue weighted by atomic mass is 10.1. The zero-order valence-corrected chi connectivity index (χ0v) is 12.2. The molecule has 0 bridgehead atoms. The lowest BCUT2D eigenvalue weighted by molar-refractivity contribution is 0.243. The van der Waals surface area contributed by atoms with Crippen molar-refractivity contribution in [1.29, 1.82) is 5.26 Å².